The molecule has 0 spiro atoms. The van der Waals surface area contributed by atoms with Crippen molar-refractivity contribution in [3.05, 3.63) is 126 Å². The van der Waals surface area contributed by atoms with Crippen LogP contribution in [0.25, 0.3) is 44.3 Å². The second kappa shape index (κ2) is 28.9. The van der Waals surface area contributed by atoms with Crippen molar-refractivity contribution < 1.29 is 45.5 Å². The molecule has 0 radical (unpaired) electrons. The summed E-state index contributed by atoms with van der Waals surface area (Å²) in [5, 5.41) is 6.79. The van der Waals surface area contributed by atoms with E-state index in [9.17, 15) is 36.0 Å². The van der Waals surface area contributed by atoms with E-state index in [2.05, 4.69) is 50.1 Å². The summed E-state index contributed by atoms with van der Waals surface area (Å²) < 4.78 is 68.3. The molecule has 20 nitrogen and oxygen atoms in total. The fraction of sp³-hybridized carbons (Fsp3) is 0.453. The van der Waals surface area contributed by atoms with Crippen LogP contribution < -0.4 is 19.3 Å². The van der Waals surface area contributed by atoms with Crippen LogP contribution in [0.3, 0.4) is 0 Å². The minimum absolute atomic E-state index is 0.00346. The van der Waals surface area contributed by atoms with E-state index < -0.39 is 26.3 Å². The molecule has 3 N–H and O–H groups in total. The van der Waals surface area contributed by atoms with Crippen LogP contribution in [0.2, 0.25) is 0 Å². The number of benzene rings is 4. The Morgan fingerprint density at radius 2 is 1.33 bits per heavy atom. The number of aromatic nitrogens is 4. The molecule has 3 bridgehead atoms. The summed E-state index contributed by atoms with van der Waals surface area (Å²) in [5.74, 6) is 1.18. The van der Waals surface area contributed by atoms with E-state index in [-0.39, 0.29) is 43.0 Å². The fourth-order valence-electron chi connectivity index (χ4n) is 11.8. The maximum Gasteiger partial charge on any atom is 0.303 e. The summed E-state index contributed by atoms with van der Waals surface area (Å²) in [7, 11) is 4.35. The SMILES string of the molecule is CCCCN(C)C(=O)COc1ccccc1-c1c(C2CCCCC2)c2ccc(C(=O)n3ccnc3)cc2n1C.CN(C)S(N)(=O)=O.CN1CCCCN(C)S(=O)(=O)NC(=O)c2ccc3c(C4CCCCC4)c(n(C)c3c2)-c2ccccc2OCC1=O. The third kappa shape index (κ3) is 15.2. The van der Waals surface area contributed by atoms with Gasteiger partial charge in [-0.1, -0.05) is 88.3 Å². The number of hydrogen-bond acceptors (Lipinski definition) is 11. The molecule has 3 aromatic heterocycles. The Morgan fingerprint density at radius 3 is 1.93 bits per heavy atom. The van der Waals surface area contributed by atoms with Gasteiger partial charge in [-0.25, -0.2) is 14.8 Å². The minimum Gasteiger partial charge on any atom is -0.483 e. The van der Waals surface area contributed by atoms with E-state index >= 15 is 0 Å². The van der Waals surface area contributed by atoms with Crippen LogP contribution in [0, 0.1) is 0 Å². The second-order valence-corrected chi connectivity index (χ2v) is 26.4. The average Bonchev–Trinajstić information content (AvgIpc) is 1.76. The molecule has 2 saturated carbocycles. The second-order valence-electron chi connectivity index (χ2n) is 22.9. The summed E-state index contributed by atoms with van der Waals surface area (Å²) >= 11 is 0. The quantitative estimate of drug-likeness (QED) is 0.124. The number of amides is 3. The van der Waals surface area contributed by atoms with Gasteiger partial charge in [-0.2, -0.15) is 25.4 Å². The first kappa shape index (κ1) is 64.6. The number of carbonyl (C=O) groups is 4. The van der Waals surface area contributed by atoms with Gasteiger partial charge in [0, 0.05) is 125 Å². The van der Waals surface area contributed by atoms with Crippen LogP contribution in [0.1, 0.15) is 140 Å². The number of aryl methyl sites for hydroxylation is 2. The van der Waals surface area contributed by atoms with E-state index in [0.29, 0.717) is 48.3 Å². The molecule has 4 heterocycles. The lowest BCUT2D eigenvalue weighted by Crippen LogP contribution is -2.42. The van der Waals surface area contributed by atoms with Crippen molar-refractivity contribution in [3.63, 3.8) is 0 Å². The van der Waals surface area contributed by atoms with Gasteiger partial charge >= 0.3 is 10.2 Å². The monoisotopic (exact) mass is 1220 g/mol. The number of nitrogens with zero attached hydrogens (tertiary/aromatic N) is 8. The number of fused-ring (bicyclic) bond motifs is 5. The first-order valence-corrected chi connectivity index (χ1v) is 32.7. The van der Waals surface area contributed by atoms with Gasteiger partial charge in [0.25, 0.3) is 33.8 Å². The molecule has 7 aromatic rings. The van der Waals surface area contributed by atoms with Crippen LogP contribution in [0.5, 0.6) is 11.5 Å². The summed E-state index contributed by atoms with van der Waals surface area (Å²) in [4.78, 5) is 59.3. The van der Waals surface area contributed by atoms with Gasteiger partial charge in [-0.15, -0.1) is 0 Å². The molecule has 1 aliphatic heterocycles. The Hall–Kier alpha value is -7.37. The summed E-state index contributed by atoms with van der Waals surface area (Å²) in [5.41, 5.74) is 9.26. The van der Waals surface area contributed by atoms with Gasteiger partial charge in [0.05, 0.1) is 11.4 Å². The highest BCUT2D eigenvalue weighted by molar-refractivity contribution is 7.87. The lowest BCUT2D eigenvalue weighted by Gasteiger charge is -2.24. The molecule has 2 aliphatic carbocycles. The number of likely N-dealkylation sites (N-methyl/N-ethyl adjacent to an activating group) is 2. The van der Waals surface area contributed by atoms with E-state index in [1.54, 1.807) is 41.4 Å². The van der Waals surface area contributed by atoms with E-state index in [4.69, 9.17) is 9.47 Å². The lowest BCUT2D eigenvalue weighted by atomic mass is 9.81. The van der Waals surface area contributed by atoms with Crippen molar-refractivity contribution >= 4 is 65.9 Å². The van der Waals surface area contributed by atoms with Crippen LogP contribution in [0.15, 0.2) is 104 Å². The minimum atomic E-state index is -4.02. The van der Waals surface area contributed by atoms with Gasteiger partial charge in [0.1, 0.15) is 17.8 Å². The Labute approximate surface area is 506 Å². The van der Waals surface area contributed by atoms with Crippen molar-refractivity contribution in [3.8, 4) is 34.0 Å². The van der Waals surface area contributed by atoms with Crippen LogP contribution in [-0.4, -0.2) is 146 Å². The first-order valence-electron chi connectivity index (χ1n) is 29.8. The fourth-order valence-corrected chi connectivity index (χ4v) is 12.6. The third-order valence-electron chi connectivity index (χ3n) is 16.8. The number of rotatable bonds is 11. The highest BCUT2D eigenvalue weighted by atomic mass is 32.2. The molecule has 0 saturated heterocycles. The molecule has 0 atom stereocenters. The number of unbranched alkanes of at least 4 members (excludes halogenated alkanes) is 1. The number of hydrogen-bond donors (Lipinski definition) is 2. The Bertz CT molecular complexity index is 3750. The van der Waals surface area contributed by atoms with Crippen molar-refractivity contribution in [2.45, 2.75) is 109 Å². The zero-order valence-electron chi connectivity index (χ0n) is 51.0. The Morgan fingerprint density at radius 1 is 0.756 bits per heavy atom. The smallest absolute Gasteiger partial charge is 0.303 e. The topological polar surface area (TPSA) is 234 Å². The van der Waals surface area contributed by atoms with Crippen LogP contribution >= 0.6 is 0 Å². The van der Waals surface area contributed by atoms with Crippen molar-refractivity contribution in [1.82, 2.24) is 41.8 Å². The van der Waals surface area contributed by atoms with Gasteiger partial charge < -0.3 is 28.4 Å². The summed E-state index contributed by atoms with van der Waals surface area (Å²) in [6, 6.07) is 27.2. The van der Waals surface area contributed by atoms with E-state index in [0.717, 1.165) is 105 Å². The molecule has 462 valence electrons. The molecule has 3 amide bonds. The van der Waals surface area contributed by atoms with Gasteiger partial charge in [-0.3, -0.25) is 23.7 Å². The molecule has 0 unspecified atom stereocenters. The number of nitrogens with two attached hydrogens (primary N) is 1. The van der Waals surface area contributed by atoms with Crippen molar-refractivity contribution in [2.75, 3.05) is 68.1 Å². The molecular weight excluding hydrogens is 1130 g/mol. The lowest BCUT2D eigenvalue weighted by molar-refractivity contribution is -0.132. The first-order chi connectivity index (χ1) is 41.1. The summed E-state index contributed by atoms with van der Waals surface area (Å²) in [6.45, 7) is 3.46. The zero-order valence-corrected chi connectivity index (χ0v) is 52.6. The highest BCUT2D eigenvalue weighted by Gasteiger charge is 2.31. The molecule has 2 fully saturated rings. The van der Waals surface area contributed by atoms with E-state index in [1.165, 1.54) is 74.2 Å². The largest absolute Gasteiger partial charge is 0.483 e. The molecule has 86 heavy (non-hydrogen) atoms. The highest BCUT2D eigenvalue weighted by Crippen LogP contribution is 2.48. The average molecular weight is 1220 g/mol. The Kier molecular flexibility index (Phi) is 21.7. The number of para-hydroxylation sites is 2. The van der Waals surface area contributed by atoms with Crippen molar-refractivity contribution in [2.24, 2.45) is 19.2 Å². The normalized spacial score (nSPS) is 16.7. The Balaban J connectivity index is 0.000000201. The van der Waals surface area contributed by atoms with Gasteiger partial charge in [0.15, 0.2) is 13.2 Å². The molecule has 10 rings (SSSR count). The van der Waals surface area contributed by atoms with Gasteiger partial charge in [-0.05, 0) is 116 Å². The molecule has 22 heteroatoms. The predicted octanol–water partition coefficient (Wildman–Crippen LogP) is 9.60. The molecule has 3 aliphatic rings. The van der Waals surface area contributed by atoms with Gasteiger partial charge in [0.2, 0.25) is 0 Å². The standard InChI is InChI=1S/C32H38N4O3.C30H38N4O5S.C2H8N2O2S/c1-4-5-18-34(2)29(37)21-39-28-14-10-9-13-26(28)31-30(23-11-7-6-8-12-23)25-16-15-24(20-27(25)35(31)3)32(38)36-19-17-33-22-36;1-32-17-9-10-18-33(2)40(37,38)31-30(36)22-15-16-23-25(19-22)34(3)29(28(23)21-11-5-4-6-12-21)24-13-7-8-14-26(24)39-20-27(32)35;1-4(2)7(3,5)6/h9-10,13-17,19-20,22-23H,4-8,11-12,18,21H2,1-3H3;7-8,13-16,19,21H,4-6,9-12,17-18,20H2,1-3H3,(H,31,36);1-2H3,(H2,3,5,6). The van der Waals surface area contributed by atoms with Crippen molar-refractivity contribution in [1.29, 1.82) is 0 Å². The molecular formula is C64H84N10O10S2. The maximum atomic E-state index is 13.2. The van der Waals surface area contributed by atoms with Crippen LogP contribution in [0.4, 0.5) is 0 Å². The van der Waals surface area contributed by atoms with E-state index in [1.807, 2.05) is 74.8 Å². The number of imidazole rings is 1. The number of nitrogens with one attached hydrogen (secondary N) is 1. The predicted molar refractivity (Wildman–Crippen MR) is 337 cm³/mol. The number of ether oxygens (including phenoxy) is 2. The number of carbonyl (C=O) groups excluding carboxylic acids is 4. The maximum absolute atomic E-state index is 13.2. The summed E-state index contributed by atoms with van der Waals surface area (Å²) in [6.07, 6.45) is 19.7. The zero-order chi connectivity index (χ0) is 61.9. The third-order valence-corrected chi connectivity index (χ3v) is 19.3. The molecule has 4 aromatic carbocycles. The van der Waals surface area contributed by atoms with Crippen LogP contribution in [-0.2, 0) is 44.1 Å².